The molecule has 3 aromatic rings. The van der Waals surface area contributed by atoms with Crippen LogP contribution in [0.4, 0.5) is 0 Å². The van der Waals surface area contributed by atoms with Crippen LogP contribution in [0.3, 0.4) is 0 Å². The van der Waals surface area contributed by atoms with Crippen LogP contribution in [0.2, 0.25) is 0 Å². The van der Waals surface area contributed by atoms with Gasteiger partial charge in [0.25, 0.3) is 0 Å². The summed E-state index contributed by atoms with van der Waals surface area (Å²) in [6.07, 6.45) is 1.83. The van der Waals surface area contributed by atoms with Gasteiger partial charge < -0.3 is 10.2 Å². The highest BCUT2D eigenvalue weighted by molar-refractivity contribution is 5.55. The number of benzene rings is 2. The fourth-order valence-electron chi connectivity index (χ4n) is 3.91. The van der Waals surface area contributed by atoms with Crippen LogP contribution >= 0.6 is 0 Å². The number of aromatic nitrogens is 1. The Morgan fingerprint density at radius 1 is 1.08 bits per heavy atom. The molecule has 2 aromatic carbocycles. The molecule has 1 fully saturated rings. The largest absolute Gasteiger partial charge is 0.439 e. The Morgan fingerprint density at radius 2 is 1.77 bits per heavy atom. The zero-order valence-corrected chi connectivity index (χ0v) is 15.1. The van der Waals surface area contributed by atoms with Crippen molar-refractivity contribution in [1.82, 2.24) is 9.88 Å². The lowest BCUT2D eigenvalue weighted by atomic mass is 9.89. The van der Waals surface area contributed by atoms with Gasteiger partial charge in [0.15, 0.2) is 5.76 Å². The number of likely N-dealkylation sites (tertiary alicyclic amines) is 1. The second-order valence-electron chi connectivity index (χ2n) is 7.07. The van der Waals surface area contributed by atoms with Gasteiger partial charge in [-0.3, -0.25) is 4.90 Å². The molecule has 0 saturated carbocycles. The van der Waals surface area contributed by atoms with Crippen LogP contribution in [0, 0.1) is 5.92 Å². The molecule has 1 aliphatic heterocycles. The topological polar surface area (TPSA) is 55.3 Å². The number of nitrogens with zero attached hydrogens (tertiary/aromatic N) is 2. The summed E-state index contributed by atoms with van der Waals surface area (Å²) in [6.45, 7) is 4.82. The van der Waals surface area contributed by atoms with Crippen LogP contribution in [0.25, 0.3) is 11.3 Å². The molecule has 2 N–H and O–H groups in total. The lowest BCUT2D eigenvalue weighted by Crippen LogP contribution is -2.26. The molecule has 1 saturated heterocycles. The smallest absolute Gasteiger partial charge is 0.211 e. The molecule has 1 unspecified atom stereocenters. The van der Waals surface area contributed by atoms with E-state index in [0.29, 0.717) is 18.4 Å². The van der Waals surface area contributed by atoms with Crippen LogP contribution in [0.5, 0.6) is 0 Å². The van der Waals surface area contributed by atoms with Crippen LogP contribution in [-0.4, -0.2) is 29.5 Å². The molecule has 3 atom stereocenters. The first-order valence-electron chi connectivity index (χ1n) is 9.26. The molecule has 2 heterocycles. The van der Waals surface area contributed by atoms with Crippen LogP contribution in [-0.2, 0) is 0 Å². The zero-order valence-electron chi connectivity index (χ0n) is 15.1. The highest BCUT2D eigenvalue weighted by Crippen LogP contribution is 2.37. The minimum atomic E-state index is 0.134. The summed E-state index contributed by atoms with van der Waals surface area (Å²) >= 11 is 0. The molecule has 0 radical (unpaired) electrons. The quantitative estimate of drug-likeness (QED) is 0.756. The van der Waals surface area contributed by atoms with E-state index in [0.717, 1.165) is 30.3 Å². The minimum absolute atomic E-state index is 0.134. The van der Waals surface area contributed by atoms with Crippen molar-refractivity contribution in [2.24, 2.45) is 11.7 Å². The Bertz CT molecular complexity index is 831. The Hall–Kier alpha value is -2.43. The van der Waals surface area contributed by atoms with E-state index in [4.69, 9.17) is 10.2 Å². The molecule has 0 amide bonds. The van der Waals surface area contributed by atoms with Gasteiger partial charge in [0.1, 0.15) is 0 Å². The lowest BCUT2D eigenvalue weighted by molar-refractivity contribution is 0.218. The van der Waals surface area contributed by atoms with Crippen molar-refractivity contribution >= 4 is 0 Å². The van der Waals surface area contributed by atoms with Crippen LogP contribution < -0.4 is 5.73 Å². The maximum atomic E-state index is 6.08. The van der Waals surface area contributed by atoms with Crippen molar-refractivity contribution < 1.29 is 4.42 Å². The van der Waals surface area contributed by atoms with E-state index >= 15 is 0 Å². The fourth-order valence-corrected chi connectivity index (χ4v) is 3.91. The highest BCUT2D eigenvalue weighted by Gasteiger charge is 2.36. The van der Waals surface area contributed by atoms with Gasteiger partial charge in [-0.15, -0.1) is 0 Å². The van der Waals surface area contributed by atoms with E-state index in [1.807, 2.05) is 36.5 Å². The number of hydrogen-bond donors (Lipinski definition) is 1. The predicted molar refractivity (Wildman–Crippen MR) is 104 cm³/mol. The third kappa shape index (κ3) is 3.30. The SMILES string of the molecule is CC(c1ncc(-c2ccccc2)o1)N1C[C@@H](CN)[C@H](c2ccccc2)C1. The molecule has 0 spiro atoms. The van der Waals surface area contributed by atoms with Crippen molar-refractivity contribution in [2.75, 3.05) is 19.6 Å². The van der Waals surface area contributed by atoms with Gasteiger partial charge in [-0.05, 0) is 24.9 Å². The van der Waals surface area contributed by atoms with E-state index in [1.54, 1.807) is 0 Å². The van der Waals surface area contributed by atoms with Crippen LogP contribution in [0.1, 0.15) is 30.3 Å². The fraction of sp³-hybridized carbons (Fsp3) is 0.318. The van der Waals surface area contributed by atoms with E-state index in [2.05, 4.69) is 47.1 Å². The Labute approximate surface area is 154 Å². The molecule has 134 valence electrons. The summed E-state index contributed by atoms with van der Waals surface area (Å²) in [7, 11) is 0. The summed E-state index contributed by atoms with van der Waals surface area (Å²) in [5, 5.41) is 0. The van der Waals surface area contributed by atoms with E-state index in [1.165, 1.54) is 5.56 Å². The van der Waals surface area contributed by atoms with Gasteiger partial charge in [-0.2, -0.15) is 0 Å². The average Bonchev–Trinajstić information content (AvgIpc) is 3.36. The molecular formula is C22H25N3O. The summed E-state index contributed by atoms with van der Waals surface area (Å²) in [5.41, 5.74) is 8.50. The second kappa shape index (κ2) is 7.44. The molecule has 4 heteroatoms. The molecule has 26 heavy (non-hydrogen) atoms. The normalized spacial score (nSPS) is 21.8. The summed E-state index contributed by atoms with van der Waals surface area (Å²) in [4.78, 5) is 6.99. The first-order chi connectivity index (χ1) is 12.8. The van der Waals surface area contributed by atoms with E-state index in [9.17, 15) is 0 Å². The molecular weight excluding hydrogens is 322 g/mol. The van der Waals surface area contributed by atoms with Gasteiger partial charge in [-0.25, -0.2) is 4.98 Å². The number of oxazole rings is 1. The van der Waals surface area contributed by atoms with Gasteiger partial charge in [0.05, 0.1) is 12.2 Å². The van der Waals surface area contributed by atoms with Crippen molar-refractivity contribution in [1.29, 1.82) is 0 Å². The third-order valence-corrected chi connectivity index (χ3v) is 5.49. The monoisotopic (exact) mass is 347 g/mol. The molecule has 1 aliphatic rings. The Morgan fingerprint density at radius 3 is 2.46 bits per heavy atom. The molecule has 0 aliphatic carbocycles. The first kappa shape index (κ1) is 17.0. The summed E-state index contributed by atoms with van der Waals surface area (Å²) in [6, 6.07) is 20.9. The van der Waals surface area contributed by atoms with E-state index in [-0.39, 0.29) is 6.04 Å². The molecule has 4 rings (SSSR count). The van der Waals surface area contributed by atoms with Crippen molar-refractivity contribution in [3.05, 3.63) is 78.3 Å². The maximum Gasteiger partial charge on any atom is 0.211 e. The highest BCUT2D eigenvalue weighted by atomic mass is 16.4. The van der Waals surface area contributed by atoms with Gasteiger partial charge in [0, 0.05) is 24.6 Å². The third-order valence-electron chi connectivity index (χ3n) is 5.49. The molecule has 4 nitrogen and oxygen atoms in total. The predicted octanol–water partition coefficient (Wildman–Crippen LogP) is 4.08. The van der Waals surface area contributed by atoms with Crippen molar-refractivity contribution in [3.63, 3.8) is 0 Å². The number of rotatable bonds is 5. The standard InChI is InChI=1S/C22H25N3O/c1-16(22-24-13-21(26-22)18-10-6-3-7-11-18)25-14-19(12-23)20(15-25)17-8-4-2-5-9-17/h2-11,13,16,19-20H,12,14-15,23H2,1H3/t16?,19-,20+/m1/s1. The zero-order chi connectivity index (χ0) is 17.9. The average molecular weight is 347 g/mol. The first-order valence-corrected chi connectivity index (χ1v) is 9.26. The van der Waals surface area contributed by atoms with Crippen LogP contribution in [0.15, 0.2) is 71.3 Å². The molecule has 1 aromatic heterocycles. The Kier molecular flexibility index (Phi) is 4.87. The lowest BCUT2D eigenvalue weighted by Gasteiger charge is -2.21. The van der Waals surface area contributed by atoms with Crippen molar-refractivity contribution in [2.45, 2.75) is 18.9 Å². The Balaban J connectivity index is 1.52. The number of nitrogens with two attached hydrogens (primary N) is 1. The van der Waals surface area contributed by atoms with Gasteiger partial charge in [0.2, 0.25) is 5.89 Å². The van der Waals surface area contributed by atoms with E-state index < -0.39 is 0 Å². The summed E-state index contributed by atoms with van der Waals surface area (Å²) in [5.74, 6) is 2.52. The van der Waals surface area contributed by atoms with Gasteiger partial charge in [-0.1, -0.05) is 60.7 Å². The second-order valence-corrected chi connectivity index (χ2v) is 7.07. The summed E-state index contributed by atoms with van der Waals surface area (Å²) < 4.78 is 6.07. The maximum absolute atomic E-state index is 6.08. The molecule has 0 bridgehead atoms. The number of hydrogen-bond acceptors (Lipinski definition) is 4. The van der Waals surface area contributed by atoms with Crippen molar-refractivity contribution in [3.8, 4) is 11.3 Å². The van der Waals surface area contributed by atoms with Gasteiger partial charge >= 0.3 is 0 Å². The minimum Gasteiger partial charge on any atom is -0.439 e.